The zero-order valence-electron chi connectivity index (χ0n) is 7.44. The van der Waals surface area contributed by atoms with Crippen LogP contribution < -0.4 is 0 Å². The van der Waals surface area contributed by atoms with Gasteiger partial charge in [-0.15, -0.1) is 0 Å². The number of halogens is 5. The molecule has 1 atom stereocenters. The molecular formula is C8H6Cl2F3NO. The second-order valence-electron chi connectivity index (χ2n) is 3.04. The molecule has 0 saturated heterocycles. The summed E-state index contributed by atoms with van der Waals surface area (Å²) >= 11 is 10.9. The van der Waals surface area contributed by atoms with Crippen molar-refractivity contribution in [3.05, 3.63) is 28.0 Å². The lowest BCUT2D eigenvalue weighted by Gasteiger charge is -2.26. The largest absolute Gasteiger partial charge is 0.421 e. The van der Waals surface area contributed by atoms with Crippen LogP contribution in [0.2, 0.25) is 10.3 Å². The summed E-state index contributed by atoms with van der Waals surface area (Å²) in [6.45, 7) is 0.601. The van der Waals surface area contributed by atoms with Gasteiger partial charge in [0.1, 0.15) is 10.3 Å². The highest BCUT2D eigenvalue weighted by atomic mass is 35.5. The average molecular weight is 260 g/mol. The molecule has 0 aliphatic heterocycles. The number of hydrogen-bond donors (Lipinski definition) is 1. The topological polar surface area (TPSA) is 33.1 Å². The number of aliphatic hydroxyl groups is 1. The van der Waals surface area contributed by atoms with Crippen molar-refractivity contribution in [3.63, 3.8) is 0 Å². The van der Waals surface area contributed by atoms with Crippen LogP contribution in [0.3, 0.4) is 0 Å². The Labute approximate surface area is 93.6 Å². The van der Waals surface area contributed by atoms with E-state index in [0.29, 0.717) is 6.92 Å². The Hall–Kier alpha value is -0.520. The molecule has 0 fully saturated rings. The molecule has 2 nitrogen and oxygen atoms in total. The third-order valence-electron chi connectivity index (χ3n) is 1.89. The van der Waals surface area contributed by atoms with E-state index in [1.54, 1.807) is 0 Å². The van der Waals surface area contributed by atoms with Crippen molar-refractivity contribution < 1.29 is 18.3 Å². The van der Waals surface area contributed by atoms with Gasteiger partial charge in [0.25, 0.3) is 0 Å². The number of pyridine rings is 1. The fraction of sp³-hybridized carbons (Fsp3) is 0.375. The van der Waals surface area contributed by atoms with Gasteiger partial charge in [-0.1, -0.05) is 23.2 Å². The maximum atomic E-state index is 12.4. The first-order chi connectivity index (χ1) is 6.66. The number of hydrogen-bond acceptors (Lipinski definition) is 2. The summed E-state index contributed by atoms with van der Waals surface area (Å²) in [6, 6.07) is 2.12. The maximum absolute atomic E-state index is 12.4. The Balaban J connectivity index is 3.28. The van der Waals surface area contributed by atoms with Gasteiger partial charge in [0.15, 0.2) is 5.60 Å². The van der Waals surface area contributed by atoms with Crippen LogP contribution in [0.1, 0.15) is 12.5 Å². The van der Waals surface area contributed by atoms with Crippen molar-refractivity contribution >= 4 is 23.2 Å². The number of alkyl halides is 3. The molecule has 0 aliphatic rings. The van der Waals surface area contributed by atoms with E-state index in [0.717, 1.165) is 12.1 Å². The molecule has 0 saturated carbocycles. The molecule has 7 heteroatoms. The van der Waals surface area contributed by atoms with Gasteiger partial charge in [-0.05, 0) is 19.1 Å². The highest BCUT2D eigenvalue weighted by Gasteiger charge is 2.52. The molecule has 1 aromatic heterocycles. The Morgan fingerprint density at radius 1 is 1.27 bits per heavy atom. The van der Waals surface area contributed by atoms with Crippen LogP contribution in [0, 0.1) is 0 Å². The Kier molecular flexibility index (Phi) is 3.19. The highest BCUT2D eigenvalue weighted by Crippen LogP contribution is 2.40. The van der Waals surface area contributed by atoms with Crippen molar-refractivity contribution in [1.82, 2.24) is 4.98 Å². The van der Waals surface area contributed by atoms with Crippen molar-refractivity contribution in [3.8, 4) is 0 Å². The Bertz CT molecular complexity index is 379. The molecule has 1 rings (SSSR count). The van der Waals surface area contributed by atoms with Gasteiger partial charge >= 0.3 is 6.18 Å². The van der Waals surface area contributed by atoms with Crippen LogP contribution in [-0.4, -0.2) is 16.3 Å². The fourth-order valence-electron chi connectivity index (χ4n) is 0.928. The zero-order chi connectivity index (χ0) is 11.9. The molecule has 0 amide bonds. The summed E-state index contributed by atoms with van der Waals surface area (Å²) in [5.41, 5.74) is -3.57. The maximum Gasteiger partial charge on any atom is 0.421 e. The van der Waals surface area contributed by atoms with Crippen molar-refractivity contribution in [1.29, 1.82) is 0 Å². The number of rotatable bonds is 1. The van der Waals surface area contributed by atoms with Crippen molar-refractivity contribution in [2.45, 2.75) is 18.7 Å². The van der Waals surface area contributed by atoms with E-state index >= 15 is 0 Å². The molecule has 1 unspecified atom stereocenters. The summed E-state index contributed by atoms with van der Waals surface area (Å²) in [5.74, 6) is 0. The summed E-state index contributed by atoms with van der Waals surface area (Å²) in [6.07, 6.45) is -4.83. The zero-order valence-corrected chi connectivity index (χ0v) is 8.95. The summed E-state index contributed by atoms with van der Waals surface area (Å²) < 4.78 is 37.3. The van der Waals surface area contributed by atoms with Gasteiger partial charge in [-0.2, -0.15) is 13.2 Å². The van der Waals surface area contributed by atoms with Gasteiger partial charge in [-0.3, -0.25) is 0 Å². The van der Waals surface area contributed by atoms with Gasteiger partial charge in [0.2, 0.25) is 0 Å². The SMILES string of the molecule is CC(O)(c1ccc(Cl)nc1Cl)C(F)(F)F. The third kappa shape index (κ3) is 2.35. The van der Waals surface area contributed by atoms with Crippen molar-refractivity contribution in [2.24, 2.45) is 0 Å². The second kappa shape index (κ2) is 3.81. The van der Waals surface area contributed by atoms with Crippen LogP contribution >= 0.6 is 23.2 Å². The average Bonchev–Trinajstić information content (AvgIpc) is 2.00. The molecule has 84 valence electrons. The van der Waals surface area contributed by atoms with Crippen LogP contribution in [0.25, 0.3) is 0 Å². The van der Waals surface area contributed by atoms with E-state index in [2.05, 4.69) is 4.98 Å². The molecule has 0 aliphatic carbocycles. The molecular weight excluding hydrogens is 254 g/mol. The molecule has 1 aromatic rings. The van der Waals surface area contributed by atoms with E-state index in [1.165, 1.54) is 0 Å². The molecule has 0 aromatic carbocycles. The normalized spacial score (nSPS) is 16.2. The van der Waals surface area contributed by atoms with E-state index in [-0.39, 0.29) is 5.15 Å². The predicted octanol–water partition coefficient (Wildman–Crippen LogP) is 3.16. The summed E-state index contributed by atoms with van der Waals surface area (Å²) in [7, 11) is 0. The number of aromatic nitrogens is 1. The lowest BCUT2D eigenvalue weighted by molar-refractivity contribution is -0.258. The molecule has 0 radical (unpaired) electrons. The fourth-order valence-corrected chi connectivity index (χ4v) is 1.46. The molecule has 15 heavy (non-hydrogen) atoms. The Morgan fingerprint density at radius 3 is 2.20 bits per heavy atom. The highest BCUT2D eigenvalue weighted by molar-refractivity contribution is 6.32. The van der Waals surface area contributed by atoms with Crippen molar-refractivity contribution in [2.75, 3.05) is 0 Å². The van der Waals surface area contributed by atoms with Crippen LogP contribution in [-0.2, 0) is 5.60 Å². The minimum absolute atomic E-state index is 0.0401. The summed E-state index contributed by atoms with van der Waals surface area (Å²) in [4.78, 5) is 3.42. The summed E-state index contributed by atoms with van der Waals surface area (Å²) in [5, 5.41) is 8.79. The quantitative estimate of drug-likeness (QED) is 0.787. The first-order valence-electron chi connectivity index (χ1n) is 3.78. The second-order valence-corrected chi connectivity index (χ2v) is 3.79. The smallest absolute Gasteiger partial charge is 0.376 e. The first kappa shape index (κ1) is 12.5. The minimum Gasteiger partial charge on any atom is -0.376 e. The lowest BCUT2D eigenvalue weighted by atomic mass is 9.97. The molecule has 0 spiro atoms. The van der Waals surface area contributed by atoms with Crippen LogP contribution in [0.15, 0.2) is 12.1 Å². The van der Waals surface area contributed by atoms with E-state index < -0.39 is 22.5 Å². The van der Waals surface area contributed by atoms with Gasteiger partial charge in [0.05, 0.1) is 0 Å². The molecule has 1 heterocycles. The molecule has 0 bridgehead atoms. The molecule has 1 N–H and O–H groups in total. The van der Waals surface area contributed by atoms with Gasteiger partial charge in [0, 0.05) is 5.56 Å². The Morgan fingerprint density at radius 2 is 1.80 bits per heavy atom. The standard InChI is InChI=1S/C8H6Cl2F3NO/c1-7(15,8(11,12)13)4-2-3-5(9)14-6(4)10/h2-3,15H,1H3. The van der Waals surface area contributed by atoms with E-state index in [1.807, 2.05) is 0 Å². The van der Waals surface area contributed by atoms with Gasteiger partial charge in [-0.25, -0.2) is 4.98 Å². The minimum atomic E-state index is -4.83. The van der Waals surface area contributed by atoms with Crippen LogP contribution in [0.5, 0.6) is 0 Å². The first-order valence-corrected chi connectivity index (χ1v) is 4.53. The third-order valence-corrected chi connectivity index (χ3v) is 2.39. The van der Waals surface area contributed by atoms with E-state index in [4.69, 9.17) is 23.2 Å². The van der Waals surface area contributed by atoms with Gasteiger partial charge < -0.3 is 5.11 Å². The monoisotopic (exact) mass is 259 g/mol. The number of nitrogens with zero attached hydrogens (tertiary/aromatic N) is 1. The van der Waals surface area contributed by atoms with Crippen LogP contribution in [0.4, 0.5) is 13.2 Å². The predicted molar refractivity (Wildman–Crippen MR) is 49.9 cm³/mol. The lowest BCUT2D eigenvalue weighted by Crippen LogP contribution is -2.39. The van der Waals surface area contributed by atoms with E-state index in [9.17, 15) is 18.3 Å².